The quantitative estimate of drug-likeness (QED) is 0.677. The van der Waals surface area contributed by atoms with Crippen molar-refractivity contribution in [1.29, 1.82) is 0 Å². The molecule has 1 atom stereocenters. The molecule has 2 aromatic carbocycles. The van der Waals surface area contributed by atoms with Crippen LogP contribution in [0.5, 0.6) is 0 Å². The number of nitrogens with one attached hydrogen (secondary N) is 2. The van der Waals surface area contributed by atoms with Gasteiger partial charge in [0.25, 0.3) is 0 Å². The lowest BCUT2D eigenvalue weighted by atomic mass is 10.1. The number of ether oxygens (including phenoxy) is 1. The van der Waals surface area contributed by atoms with Gasteiger partial charge in [-0.05, 0) is 40.8 Å². The Morgan fingerprint density at radius 1 is 1.22 bits per heavy atom. The highest BCUT2D eigenvalue weighted by atomic mass is 16.5. The summed E-state index contributed by atoms with van der Waals surface area (Å²) in [6.45, 7) is 0.341. The van der Waals surface area contributed by atoms with Crippen LogP contribution >= 0.6 is 0 Å². The molecule has 0 heterocycles. The largest absolute Gasteiger partial charge is 0.389 e. The van der Waals surface area contributed by atoms with E-state index in [0.29, 0.717) is 0 Å². The highest BCUT2D eigenvalue weighted by Gasteiger charge is 2.18. The lowest BCUT2D eigenvalue weighted by molar-refractivity contribution is 0.0663. The van der Waals surface area contributed by atoms with Crippen molar-refractivity contribution < 1.29 is 14.6 Å². The molecule has 23 heavy (non-hydrogen) atoms. The summed E-state index contributed by atoms with van der Waals surface area (Å²) in [5.41, 5.74) is 5.76. The first-order valence-electron chi connectivity index (χ1n) is 7.60. The number of aliphatic hydroxyl groups is 1. The number of methoxy groups -OCH3 is 1. The number of hydrogen-bond donors (Lipinski definition) is 3. The zero-order chi connectivity index (χ0) is 16.2. The smallest absolute Gasteiger partial charge is 0.319 e. The average molecular weight is 312 g/mol. The molecule has 1 aliphatic carbocycles. The number of hydrogen-bond acceptors (Lipinski definition) is 3. The predicted octanol–water partition coefficient (Wildman–Crippen LogP) is 2.39. The summed E-state index contributed by atoms with van der Waals surface area (Å²) in [5.74, 6) is 0. The Labute approximate surface area is 135 Å². The molecule has 3 N–H and O–H groups in total. The SMILES string of the molecule is COC[C@@H](O)CNC(=O)Nc1ccc2c(c1)Cc1ccccc1-2. The molecule has 1 aliphatic rings. The highest BCUT2D eigenvalue weighted by molar-refractivity contribution is 5.90. The molecule has 5 heteroatoms. The summed E-state index contributed by atoms with van der Waals surface area (Å²) in [5, 5.41) is 14.9. The summed E-state index contributed by atoms with van der Waals surface area (Å²) >= 11 is 0. The molecule has 0 fully saturated rings. The third-order valence-corrected chi connectivity index (χ3v) is 3.91. The van der Waals surface area contributed by atoms with E-state index in [0.717, 1.165) is 12.1 Å². The van der Waals surface area contributed by atoms with E-state index in [4.69, 9.17) is 4.74 Å². The van der Waals surface area contributed by atoms with Crippen LogP contribution in [0.4, 0.5) is 10.5 Å². The molecule has 0 radical (unpaired) electrons. The topological polar surface area (TPSA) is 70.6 Å². The van der Waals surface area contributed by atoms with Crippen molar-refractivity contribution in [2.75, 3.05) is 25.6 Å². The molecule has 5 nitrogen and oxygen atoms in total. The van der Waals surface area contributed by atoms with Crippen LogP contribution in [0.1, 0.15) is 11.1 Å². The summed E-state index contributed by atoms with van der Waals surface area (Å²) in [7, 11) is 1.51. The maximum atomic E-state index is 11.9. The molecule has 0 saturated carbocycles. The fourth-order valence-corrected chi connectivity index (χ4v) is 2.86. The van der Waals surface area contributed by atoms with Gasteiger partial charge in [-0.15, -0.1) is 0 Å². The minimum Gasteiger partial charge on any atom is -0.389 e. The summed E-state index contributed by atoms with van der Waals surface area (Å²) in [4.78, 5) is 11.9. The van der Waals surface area contributed by atoms with Crippen LogP contribution < -0.4 is 10.6 Å². The number of aliphatic hydroxyl groups excluding tert-OH is 1. The van der Waals surface area contributed by atoms with E-state index < -0.39 is 6.10 Å². The molecule has 0 saturated heterocycles. The Morgan fingerprint density at radius 3 is 2.83 bits per heavy atom. The number of fused-ring (bicyclic) bond motifs is 3. The van der Waals surface area contributed by atoms with Gasteiger partial charge in [0.05, 0.1) is 12.7 Å². The van der Waals surface area contributed by atoms with Crippen molar-refractivity contribution in [3.8, 4) is 11.1 Å². The van der Waals surface area contributed by atoms with E-state index in [1.165, 1.54) is 29.4 Å². The van der Waals surface area contributed by atoms with Gasteiger partial charge in [-0.2, -0.15) is 0 Å². The molecule has 0 aromatic heterocycles. The van der Waals surface area contributed by atoms with Crippen LogP contribution in [0.15, 0.2) is 42.5 Å². The van der Waals surface area contributed by atoms with Crippen molar-refractivity contribution in [2.24, 2.45) is 0 Å². The number of benzene rings is 2. The van der Waals surface area contributed by atoms with Crippen LogP contribution in [0.2, 0.25) is 0 Å². The second-order valence-electron chi connectivity index (χ2n) is 5.65. The third-order valence-electron chi connectivity index (χ3n) is 3.91. The molecular formula is C18H20N2O3. The number of carbonyl (C=O) groups is 1. The van der Waals surface area contributed by atoms with Gasteiger partial charge < -0.3 is 20.5 Å². The Bertz CT molecular complexity index is 715. The van der Waals surface area contributed by atoms with Gasteiger partial charge in [-0.3, -0.25) is 0 Å². The van der Waals surface area contributed by atoms with E-state index in [2.05, 4.69) is 22.8 Å². The number of carbonyl (C=O) groups excluding carboxylic acids is 1. The van der Waals surface area contributed by atoms with Crippen LogP contribution in [0.25, 0.3) is 11.1 Å². The van der Waals surface area contributed by atoms with Crippen LogP contribution in [0.3, 0.4) is 0 Å². The maximum Gasteiger partial charge on any atom is 0.319 e. The summed E-state index contributed by atoms with van der Waals surface area (Å²) in [6, 6.07) is 13.9. The van der Waals surface area contributed by atoms with Gasteiger partial charge >= 0.3 is 6.03 Å². The highest BCUT2D eigenvalue weighted by Crippen LogP contribution is 2.37. The Morgan fingerprint density at radius 2 is 2.00 bits per heavy atom. The minimum atomic E-state index is -0.708. The molecular weight excluding hydrogens is 292 g/mol. The second kappa shape index (κ2) is 6.81. The zero-order valence-corrected chi connectivity index (χ0v) is 13.0. The lowest BCUT2D eigenvalue weighted by Crippen LogP contribution is -2.37. The predicted molar refractivity (Wildman–Crippen MR) is 89.6 cm³/mol. The first-order chi connectivity index (χ1) is 11.2. The van der Waals surface area contributed by atoms with E-state index in [-0.39, 0.29) is 19.2 Å². The normalized spacial score (nSPS) is 13.1. The van der Waals surface area contributed by atoms with Gasteiger partial charge in [-0.1, -0.05) is 30.3 Å². The molecule has 0 aliphatic heterocycles. The Hall–Kier alpha value is -2.37. The number of rotatable bonds is 5. The minimum absolute atomic E-state index is 0.149. The fourth-order valence-electron chi connectivity index (χ4n) is 2.86. The zero-order valence-electron chi connectivity index (χ0n) is 13.0. The fraction of sp³-hybridized carbons (Fsp3) is 0.278. The molecule has 0 unspecified atom stereocenters. The Balaban J connectivity index is 1.63. The standard InChI is InChI=1S/C18H20N2O3/c1-23-11-15(21)10-19-18(22)20-14-6-7-17-13(9-14)8-12-4-2-3-5-16(12)17/h2-7,9,15,21H,8,10-11H2,1H3,(H2,19,20,22)/t15-/m0/s1. The number of anilines is 1. The van der Waals surface area contributed by atoms with E-state index in [1.54, 1.807) is 0 Å². The number of urea groups is 1. The van der Waals surface area contributed by atoms with Crippen molar-refractivity contribution in [1.82, 2.24) is 5.32 Å². The van der Waals surface area contributed by atoms with Crippen LogP contribution in [0, 0.1) is 0 Å². The summed E-state index contributed by atoms with van der Waals surface area (Å²) < 4.78 is 4.81. The summed E-state index contributed by atoms with van der Waals surface area (Å²) in [6.07, 6.45) is 0.176. The van der Waals surface area contributed by atoms with Crippen molar-refractivity contribution >= 4 is 11.7 Å². The lowest BCUT2D eigenvalue weighted by Gasteiger charge is -2.12. The molecule has 3 rings (SSSR count). The van der Waals surface area contributed by atoms with E-state index >= 15 is 0 Å². The van der Waals surface area contributed by atoms with Gasteiger partial charge in [0.2, 0.25) is 0 Å². The second-order valence-corrected chi connectivity index (χ2v) is 5.65. The van der Waals surface area contributed by atoms with E-state index in [1.807, 2.05) is 30.3 Å². The molecule has 0 bridgehead atoms. The van der Waals surface area contributed by atoms with Gasteiger partial charge in [0.15, 0.2) is 0 Å². The van der Waals surface area contributed by atoms with Crippen LogP contribution in [-0.4, -0.2) is 37.5 Å². The Kier molecular flexibility index (Phi) is 4.60. The molecule has 120 valence electrons. The van der Waals surface area contributed by atoms with Gasteiger partial charge in [-0.25, -0.2) is 4.79 Å². The first-order valence-corrected chi connectivity index (χ1v) is 7.60. The molecule has 2 amide bonds. The van der Waals surface area contributed by atoms with Crippen molar-refractivity contribution in [2.45, 2.75) is 12.5 Å². The van der Waals surface area contributed by atoms with Crippen molar-refractivity contribution in [3.63, 3.8) is 0 Å². The number of amides is 2. The maximum absolute atomic E-state index is 11.9. The monoisotopic (exact) mass is 312 g/mol. The van der Waals surface area contributed by atoms with E-state index in [9.17, 15) is 9.90 Å². The van der Waals surface area contributed by atoms with Crippen molar-refractivity contribution in [3.05, 3.63) is 53.6 Å². The molecule has 0 spiro atoms. The molecule has 2 aromatic rings. The van der Waals surface area contributed by atoms with Crippen LogP contribution in [-0.2, 0) is 11.2 Å². The third kappa shape index (κ3) is 3.52. The first kappa shape index (κ1) is 15.5. The average Bonchev–Trinajstić information content (AvgIpc) is 2.91. The van der Waals surface area contributed by atoms with Gasteiger partial charge in [0.1, 0.15) is 0 Å². The van der Waals surface area contributed by atoms with Gasteiger partial charge in [0, 0.05) is 19.3 Å².